The number of Topliss-reactive ketones (excluding diaryl/α,β-unsaturated/α-hetero) is 1. The number of carbonyl (C=O) groups is 2. The van der Waals surface area contributed by atoms with Gasteiger partial charge in [-0.15, -0.1) is 0 Å². The van der Waals surface area contributed by atoms with Crippen LogP contribution in [0.5, 0.6) is 0 Å². The number of rotatable bonds is 6. The largest absolute Gasteiger partial charge is 0.454 e. The van der Waals surface area contributed by atoms with Crippen LogP contribution in [0.3, 0.4) is 0 Å². The van der Waals surface area contributed by atoms with Crippen LogP contribution in [0, 0.1) is 10.8 Å². The number of H-pyrrole nitrogens is 1. The van der Waals surface area contributed by atoms with Crippen molar-refractivity contribution in [3.63, 3.8) is 0 Å². The highest BCUT2D eigenvalue weighted by molar-refractivity contribution is 7.89. The third-order valence-electron chi connectivity index (χ3n) is 6.28. The fraction of sp³-hybridized carbons (Fsp3) is 0.478. The molecule has 1 N–H and O–H groups in total. The molecule has 1 aromatic heterocycles. The summed E-state index contributed by atoms with van der Waals surface area (Å²) in [7, 11) is -3.75. The molecule has 1 aromatic carbocycles. The van der Waals surface area contributed by atoms with E-state index in [1.165, 1.54) is 24.3 Å². The molecule has 31 heavy (non-hydrogen) atoms. The van der Waals surface area contributed by atoms with Gasteiger partial charge in [-0.25, -0.2) is 13.2 Å². The molecule has 1 aliphatic heterocycles. The van der Waals surface area contributed by atoms with Crippen LogP contribution in [-0.2, 0) is 14.8 Å². The van der Waals surface area contributed by atoms with E-state index < -0.39 is 22.6 Å². The lowest BCUT2D eigenvalue weighted by atomic mass is 9.65. The molecule has 166 valence electrons. The molecule has 2 bridgehead atoms. The van der Waals surface area contributed by atoms with Crippen molar-refractivity contribution >= 4 is 21.8 Å². The summed E-state index contributed by atoms with van der Waals surface area (Å²) in [6.07, 6.45) is 4.28. The molecule has 1 saturated heterocycles. The molecule has 0 amide bonds. The molecule has 1 aliphatic carbocycles. The topological polar surface area (TPSA) is 96.5 Å². The standard InChI is InChI=1S/C23H28N2O5S/c1-22(2)11-17-12-23(3,14-22)15-25(17)31(28,29)18-7-4-6-16(10-18)21(27)30-13-20(26)19-8-5-9-24-19/h4-10,17,24H,11-15H2,1-3H3. The summed E-state index contributed by atoms with van der Waals surface area (Å²) < 4.78 is 33.6. The van der Waals surface area contributed by atoms with Gasteiger partial charge in [0.05, 0.1) is 16.2 Å². The van der Waals surface area contributed by atoms with Gasteiger partial charge in [0.2, 0.25) is 15.8 Å². The fourth-order valence-electron chi connectivity index (χ4n) is 5.40. The Labute approximate surface area is 182 Å². The summed E-state index contributed by atoms with van der Waals surface area (Å²) in [5, 5.41) is 0. The molecule has 2 aliphatic rings. The Balaban J connectivity index is 1.51. The molecule has 2 aromatic rings. The zero-order valence-electron chi connectivity index (χ0n) is 18.1. The van der Waals surface area contributed by atoms with Crippen LogP contribution in [-0.4, -0.2) is 48.7 Å². The normalized spacial score (nSPS) is 25.3. The maximum Gasteiger partial charge on any atom is 0.338 e. The summed E-state index contributed by atoms with van der Waals surface area (Å²) in [6, 6.07) is 9.11. The first-order valence-corrected chi connectivity index (χ1v) is 11.9. The minimum Gasteiger partial charge on any atom is -0.454 e. The van der Waals surface area contributed by atoms with E-state index in [2.05, 4.69) is 25.8 Å². The lowest BCUT2D eigenvalue weighted by Crippen LogP contribution is -2.37. The zero-order valence-corrected chi connectivity index (χ0v) is 18.9. The third kappa shape index (κ3) is 4.32. The summed E-state index contributed by atoms with van der Waals surface area (Å²) >= 11 is 0. The van der Waals surface area contributed by atoms with Gasteiger partial charge in [0.15, 0.2) is 6.61 Å². The second kappa shape index (κ2) is 7.60. The Morgan fingerprint density at radius 3 is 2.65 bits per heavy atom. The molecule has 2 heterocycles. The number of ether oxygens (including phenoxy) is 1. The monoisotopic (exact) mass is 444 g/mol. The molecule has 2 atom stereocenters. The van der Waals surface area contributed by atoms with Gasteiger partial charge in [-0.1, -0.05) is 26.8 Å². The van der Waals surface area contributed by atoms with E-state index >= 15 is 0 Å². The first-order valence-electron chi connectivity index (χ1n) is 10.4. The number of aromatic amines is 1. The van der Waals surface area contributed by atoms with Crippen molar-refractivity contribution in [1.29, 1.82) is 0 Å². The molecule has 8 heteroatoms. The second-order valence-corrected chi connectivity index (χ2v) is 11.8. The Morgan fingerprint density at radius 1 is 1.16 bits per heavy atom. The molecule has 0 spiro atoms. The molecule has 4 rings (SSSR count). The number of hydrogen-bond donors (Lipinski definition) is 1. The summed E-state index contributed by atoms with van der Waals surface area (Å²) in [6.45, 7) is 6.61. The van der Waals surface area contributed by atoms with Crippen LogP contribution in [0.4, 0.5) is 0 Å². The smallest absolute Gasteiger partial charge is 0.338 e. The van der Waals surface area contributed by atoms with Crippen LogP contribution in [0.15, 0.2) is 47.5 Å². The number of ketones is 1. The SMILES string of the molecule is CC1(C)CC2CC(C)(CN2S(=O)(=O)c2cccc(C(=O)OCC(=O)c3ccc[nH]3)c2)C1. The molecule has 7 nitrogen and oxygen atoms in total. The predicted octanol–water partition coefficient (Wildman–Crippen LogP) is 3.64. The van der Waals surface area contributed by atoms with Crippen molar-refractivity contribution in [2.45, 2.75) is 51.0 Å². The van der Waals surface area contributed by atoms with Crippen molar-refractivity contribution in [1.82, 2.24) is 9.29 Å². The maximum absolute atomic E-state index is 13.4. The van der Waals surface area contributed by atoms with Gasteiger partial charge in [0, 0.05) is 18.8 Å². The lowest BCUT2D eigenvalue weighted by Gasteiger charge is -2.39. The van der Waals surface area contributed by atoms with Crippen LogP contribution >= 0.6 is 0 Å². The number of sulfonamides is 1. The van der Waals surface area contributed by atoms with E-state index in [1.54, 1.807) is 22.6 Å². The number of benzene rings is 1. The first-order chi connectivity index (χ1) is 14.5. The van der Waals surface area contributed by atoms with Gasteiger partial charge >= 0.3 is 5.97 Å². The van der Waals surface area contributed by atoms with E-state index in [0.717, 1.165) is 19.3 Å². The highest BCUT2D eigenvalue weighted by Gasteiger charge is 2.53. The average molecular weight is 445 g/mol. The van der Waals surface area contributed by atoms with Gasteiger partial charge in [-0.3, -0.25) is 4.79 Å². The van der Waals surface area contributed by atoms with E-state index in [9.17, 15) is 18.0 Å². The lowest BCUT2D eigenvalue weighted by molar-refractivity contribution is 0.0473. The van der Waals surface area contributed by atoms with Crippen LogP contribution < -0.4 is 0 Å². The molecule has 0 radical (unpaired) electrons. The minimum atomic E-state index is -3.75. The molecule has 2 unspecified atom stereocenters. The zero-order chi connectivity index (χ0) is 22.4. The second-order valence-electron chi connectivity index (χ2n) is 9.87. The Morgan fingerprint density at radius 2 is 1.94 bits per heavy atom. The number of carbonyl (C=O) groups excluding carboxylic acids is 2. The molecule has 1 saturated carbocycles. The first kappa shape index (κ1) is 21.8. The molecular formula is C23H28N2O5S. The van der Waals surface area contributed by atoms with E-state index in [1.807, 2.05) is 0 Å². The Kier molecular flexibility index (Phi) is 5.34. The van der Waals surface area contributed by atoms with Gasteiger partial charge in [0.1, 0.15) is 0 Å². The van der Waals surface area contributed by atoms with Crippen LogP contribution in [0.2, 0.25) is 0 Å². The van der Waals surface area contributed by atoms with Gasteiger partial charge in [-0.2, -0.15) is 4.31 Å². The minimum absolute atomic E-state index is 0.0335. The number of esters is 1. The van der Waals surface area contributed by atoms with Gasteiger partial charge in [0.25, 0.3) is 0 Å². The Hall–Kier alpha value is -2.45. The Bertz CT molecular complexity index is 1110. The van der Waals surface area contributed by atoms with Crippen molar-refractivity contribution in [2.24, 2.45) is 10.8 Å². The van der Waals surface area contributed by atoms with E-state index in [4.69, 9.17) is 4.74 Å². The van der Waals surface area contributed by atoms with E-state index in [-0.39, 0.29) is 33.1 Å². The van der Waals surface area contributed by atoms with Crippen molar-refractivity contribution < 1.29 is 22.7 Å². The number of hydrogen-bond acceptors (Lipinski definition) is 5. The highest BCUT2D eigenvalue weighted by Crippen LogP contribution is 2.53. The number of fused-ring (bicyclic) bond motifs is 2. The highest BCUT2D eigenvalue weighted by atomic mass is 32.2. The maximum atomic E-state index is 13.4. The van der Waals surface area contributed by atoms with Crippen LogP contribution in [0.25, 0.3) is 0 Å². The van der Waals surface area contributed by atoms with E-state index in [0.29, 0.717) is 12.2 Å². The molecular weight excluding hydrogens is 416 g/mol. The van der Waals surface area contributed by atoms with Crippen molar-refractivity contribution in [3.8, 4) is 0 Å². The number of nitrogens with one attached hydrogen (secondary N) is 1. The van der Waals surface area contributed by atoms with Crippen molar-refractivity contribution in [2.75, 3.05) is 13.2 Å². The molecule has 2 fully saturated rings. The summed E-state index contributed by atoms with van der Waals surface area (Å²) in [5.74, 6) is -1.09. The third-order valence-corrected chi connectivity index (χ3v) is 8.17. The van der Waals surface area contributed by atoms with Crippen molar-refractivity contribution in [3.05, 3.63) is 53.9 Å². The summed E-state index contributed by atoms with van der Waals surface area (Å²) in [5.41, 5.74) is 0.516. The summed E-state index contributed by atoms with van der Waals surface area (Å²) in [4.78, 5) is 27.3. The van der Waals surface area contributed by atoms with Gasteiger partial charge in [-0.05, 0) is 60.4 Å². The number of aromatic nitrogens is 1. The average Bonchev–Trinajstić information content (AvgIpc) is 3.31. The fourth-order valence-corrected chi connectivity index (χ4v) is 7.22. The van der Waals surface area contributed by atoms with Gasteiger partial charge < -0.3 is 9.72 Å². The quantitative estimate of drug-likeness (QED) is 0.542. The predicted molar refractivity (Wildman–Crippen MR) is 115 cm³/mol. The van der Waals surface area contributed by atoms with Crippen LogP contribution in [0.1, 0.15) is 60.9 Å². The number of nitrogens with zero attached hydrogens (tertiary/aromatic N) is 1.